The van der Waals surface area contributed by atoms with Gasteiger partial charge in [0.05, 0.1) is 35.9 Å². The number of nitrogens with zero attached hydrogens (tertiary/aromatic N) is 3. The summed E-state index contributed by atoms with van der Waals surface area (Å²) in [4.78, 5) is 33.0. The summed E-state index contributed by atoms with van der Waals surface area (Å²) in [5, 5.41) is 10.6. The molecule has 0 atom stereocenters. The maximum Gasteiger partial charge on any atom is 1.00 e. The van der Waals surface area contributed by atoms with E-state index >= 15 is 0 Å². The molecule has 5 rings (SSSR count). The van der Waals surface area contributed by atoms with Crippen LogP contribution in [0.2, 0.25) is 0 Å². The summed E-state index contributed by atoms with van der Waals surface area (Å²) in [7, 11) is -21.3. The number of fused-ring (bicyclic) bond motifs is 2. The third kappa shape index (κ3) is 11.4. The number of hydrogen-bond acceptors (Lipinski definition) is 16. The molecule has 0 aromatic heterocycles. The number of carbonyl (C=O) groups excluding carboxylic acids is 2. The van der Waals surface area contributed by atoms with Gasteiger partial charge in [0.2, 0.25) is 12.8 Å². The summed E-state index contributed by atoms with van der Waals surface area (Å²) >= 11 is 0. The van der Waals surface area contributed by atoms with Crippen molar-refractivity contribution in [3.05, 3.63) is 89.0 Å². The number of nitro groups is 1. The molecule has 0 aliphatic carbocycles. The van der Waals surface area contributed by atoms with Crippen molar-refractivity contribution in [3.8, 4) is 0 Å². The zero-order valence-corrected chi connectivity index (χ0v) is 39.9. The van der Waals surface area contributed by atoms with Crippen molar-refractivity contribution in [1.29, 1.82) is 0 Å². The fraction of sp³-hybridized carbons (Fsp3) is 0. The number of amides is 2. The van der Waals surface area contributed by atoms with Crippen LogP contribution in [-0.2, 0) is 50.1 Å². The van der Waals surface area contributed by atoms with Gasteiger partial charge in [0, 0.05) is 23.5 Å². The largest absolute Gasteiger partial charge is 1.00 e. The van der Waals surface area contributed by atoms with Crippen LogP contribution in [-0.4, -0.2) is 69.6 Å². The Kier molecular flexibility index (Phi) is 17.9. The minimum absolute atomic E-state index is 0. The zero-order valence-electron chi connectivity index (χ0n) is 28.7. The Morgan fingerprint density at radius 3 is 1.09 bits per heavy atom. The molecule has 0 aliphatic rings. The summed E-state index contributed by atoms with van der Waals surface area (Å²) in [5.74, 6) is 0. The van der Waals surface area contributed by atoms with E-state index in [1.165, 1.54) is 0 Å². The van der Waals surface area contributed by atoms with Crippen LogP contribution in [0.3, 0.4) is 0 Å². The van der Waals surface area contributed by atoms with E-state index in [2.05, 4.69) is 0 Å². The SMILES string of the molecule is O=CN(c1cc(N(C=O)c2ccc3c(S(=O)(=O)[O-])cc(S(=O)(=O)[O-])cc3c2)cc([N+](=O)[O-])c1)c1ccc2c(S(=O)(=O)[O-])cc(S(=O)(=O)[O-])cc2c1.[Na+].[Na+].[Na+].[Na+]. The molecule has 0 fully saturated rings. The molecule has 0 bridgehead atoms. The fourth-order valence-corrected chi connectivity index (χ4v) is 7.77. The van der Waals surface area contributed by atoms with E-state index in [4.69, 9.17) is 0 Å². The number of benzene rings is 5. The van der Waals surface area contributed by atoms with Crippen molar-refractivity contribution < 1.29 is 185 Å². The van der Waals surface area contributed by atoms with Crippen LogP contribution in [0.15, 0.2) is 98.4 Å². The third-order valence-electron chi connectivity index (χ3n) is 7.28. The van der Waals surface area contributed by atoms with Crippen LogP contribution in [0.4, 0.5) is 28.4 Å². The van der Waals surface area contributed by atoms with Gasteiger partial charge in [0.25, 0.3) is 5.69 Å². The first-order chi connectivity index (χ1) is 23.5. The van der Waals surface area contributed by atoms with Crippen LogP contribution in [0.1, 0.15) is 0 Å². The Morgan fingerprint density at radius 1 is 0.473 bits per heavy atom. The fourth-order valence-electron chi connectivity index (χ4n) is 5.10. The van der Waals surface area contributed by atoms with E-state index in [0.29, 0.717) is 12.1 Å². The van der Waals surface area contributed by atoms with E-state index in [1.54, 1.807) is 0 Å². The standard InChI is InChI=1S/C28H19N3O16S4.4Na/c32-14-29(18-1-3-25-16(5-18)7-23(48(36,37)38)12-27(25)50(42,43)44)20-9-21(11-22(10-20)31(34)35)30(15-33)19-2-4-26-17(6-19)8-24(49(39,40)41)13-28(26)51(45,46)47;;;;/h1-15H,(H,36,37,38)(H,39,40,41)(H,42,43,44)(H,45,46,47);;;;/q;4*+1/p-4. The first kappa shape index (κ1) is 51.6. The summed E-state index contributed by atoms with van der Waals surface area (Å²) in [6.07, 6.45) is 0.251. The topological polar surface area (TPSA) is 313 Å². The van der Waals surface area contributed by atoms with E-state index in [9.17, 15) is 71.6 Å². The van der Waals surface area contributed by atoms with Crippen molar-refractivity contribution in [3.63, 3.8) is 0 Å². The van der Waals surface area contributed by atoms with Gasteiger partial charge < -0.3 is 18.2 Å². The van der Waals surface area contributed by atoms with Crippen molar-refractivity contribution >= 4 is 103 Å². The number of rotatable bonds is 11. The Balaban J connectivity index is 0.00000378. The average molecular weight is 870 g/mol. The van der Waals surface area contributed by atoms with Crippen LogP contribution in [0.5, 0.6) is 0 Å². The van der Waals surface area contributed by atoms with Crippen molar-refractivity contribution in [2.75, 3.05) is 9.80 Å². The van der Waals surface area contributed by atoms with Gasteiger partial charge in [-0.05, 0) is 76.1 Å². The third-order valence-corrected chi connectivity index (χ3v) is 10.7. The maximum atomic E-state index is 12.4. The van der Waals surface area contributed by atoms with E-state index in [0.717, 1.165) is 76.5 Å². The summed E-state index contributed by atoms with van der Waals surface area (Å²) in [6, 6.07) is 11.2. The Bertz CT molecular complexity index is 2630. The minimum atomic E-state index is -5.34. The quantitative estimate of drug-likeness (QED) is 0.0391. The molecular formula is C28H15N3Na4O16S4. The van der Waals surface area contributed by atoms with Crippen molar-refractivity contribution in [2.24, 2.45) is 0 Å². The second kappa shape index (κ2) is 19.1. The van der Waals surface area contributed by atoms with Gasteiger partial charge >= 0.3 is 118 Å². The summed E-state index contributed by atoms with van der Waals surface area (Å²) < 4.78 is 141. The predicted molar refractivity (Wildman–Crippen MR) is 169 cm³/mol. The van der Waals surface area contributed by atoms with Gasteiger partial charge in [-0.3, -0.25) is 29.5 Å². The van der Waals surface area contributed by atoms with Gasteiger partial charge in [-0.2, -0.15) is 0 Å². The molecule has 5 aromatic rings. The van der Waals surface area contributed by atoms with Crippen LogP contribution in [0, 0.1) is 10.1 Å². The molecule has 2 amide bonds. The first-order valence-electron chi connectivity index (χ1n) is 13.3. The van der Waals surface area contributed by atoms with Crippen LogP contribution < -0.4 is 128 Å². The van der Waals surface area contributed by atoms with E-state index in [-0.39, 0.29) is 175 Å². The maximum absolute atomic E-state index is 12.4. The summed E-state index contributed by atoms with van der Waals surface area (Å²) in [5.41, 5.74) is -1.80. The monoisotopic (exact) mass is 869 g/mol. The second-order valence-electron chi connectivity index (χ2n) is 10.4. The second-order valence-corrected chi connectivity index (χ2v) is 15.8. The van der Waals surface area contributed by atoms with Crippen molar-refractivity contribution in [1.82, 2.24) is 0 Å². The minimum Gasteiger partial charge on any atom is -0.744 e. The molecule has 19 nitrogen and oxygen atoms in total. The Morgan fingerprint density at radius 2 is 0.818 bits per heavy atom. The molecule has 0 saturated heterocycles. The van der Waals surface area contributed by atoms with E-state index < -0.39 is 70.7 Å². The Labute approximate surface area is 400 Å². The number of hydrogen-bond donors (Lipinski definition) is 0. The molecule has 55 heavy (non-hydrogen) atoms. The summed E-state index contributed by atoms with van der Waals surface area (Å²) in [6.45, 7) is 0. The van der Waals surface area contributed by atoms with E-state index in [1.807, 2.05) is 0 Å². The molecule has 0 radical (unpaired) electrons. The molecule has 0 N–H and O–H groups in total. The van der Waals surface area contributed by atoms with Crippen LogP contribution in [0.25, 0.3) is 21.5 Å². The normalized spacial score (nSPS) is 11.6. The molecule has 27 heteroatoms. The molecule has 5 aromatic carbocycles. The first-order valence-corrected chi connectivity index (χ1v) is 18.9. The van der Waals surface area contributed by atoms with Crippen molar-refractivity contribution in [2.45, 2.75) is 19.6 Å². The molecule has 0 spiro atoms. The smallest absolute Gasteiger partial charge is 0.744 e. The number of non-ortho nitro benzene ring substituents is 1. The number of nitro benzene ring substituents is 1. The molecule has 0 heterocycles. The van der Waals surface area contributed by atoms with Gasteiger partial charge in [0.1, 0.15) is 40.5 Å². The van der Waals surface area contributed by atoms with Gasteiger partial charge in [-0.15, -0.1) is 0 Å². The number of anilines is 4. The van der Waals surface area contributed by atoms with Gasteiger partial charge in [-0.1, -0.05) is 12.1 Å². The average Bonchev–Trinajstić information content (AvgIpc) is 3.02. The zero-order chi connectivity index (χ0) is 37.8. The predicted octanol–water partition coefficient (Wildman–Crippen LogP) is -9.88. The molecule has 0 aliphatic heterocycles. The molecule has 266 valence electrons. The molecule has 0 saturated carbocycles. The number of carbonyl (C=O) groups is 2. The Hall–Kier alpha value is -1.40. The van der Waals surface area contributed by atoms with Crippen LogP contribution >= 0.6 is 0 Å². The molecular weight excluding hydrogens is 855 g/mol. The molecule has 0 unspecified atom stereocenters. The van der Waals surface area contributed by atoms with Gasteiger partial charge in [0.15, 0.2) is 0 Å². The van der Waals surface area contributed by atoms with Gasteiger partial charge in [-0.25, -0.2) is 33.7 Å².